The van der Waals surface area contributed by atoms with Crippen molar-refractivity contribution in [2.24, 2.45) is 0 Å². The van der Waals surface area contributed by atoms with E-state index in [1.165, 1.54) is 0 Å². The number of ether oxygens (including phenoxy) is 1. The zero-order chi connectivity index (χ0) is 12.8. The minimum atomic E-state index is 0.701. The van der Waals surface area contributed by atoms with Crippen LogP contribution >= 0.6 is 15.9 Å². The Morgan fingerprint density at radius 1 is 1.33 bits per heavy atom. The first kappa shape index (κ1) is 13.1. The summed E-state index contributed by atoms with van der Waals surface area (Å²) >= 11 is 3.41. The van der Waals surface area contributed by atoms with E-state index in [1.54, 1.807) is 10.9 Å². The van der Waals surface area contributed by atoms with E-state index in [4.69, 9.17) is 4.74 Å². The normalized spacial score (nSPS) is 10.6. The van der Waals surface area contributed by atoms with Gasteiger partial charge < -0.3 is 10.1 Å². The van der Waals surface area contributed by atoms with Crippen LogP contribution in [0.3, 0.4) is 0 Å². The topological polar surface area (TPSA) is 39.1 Å². The highest BCUT2D eigenvalue weighted by Gasteiger charge is 2.01. The second-order valence-corrected chi connectivity index (χ2v) is 4.82. The van der Waals surface area contributed by atoms with Crippen LogP contribution in [0.1, 0.15) is 6.42 Å². The van der Waals surface area contributed by atoms with E-state index < -0.39 is 0 Å². The number of halogens is 1. The third kappa shape index (κ3) is 3.58. The van der Waals surface area contributed by atoms with Crippen molar-refractivity contribution in [1.29, 1.82) is 0 Å². The molecule has 0 saturated heterocycles. The smallest absolute Gasteiger partial charge is 0.157 e. The lowest BCUT2D eigenvalue weighted by atomic mass is 10.3. The first-order valence-corrected chi connectivity index (χ1v) is 6.67. The summed E-state index contributed by atoms with van der Waals surface area (Å²) in [6, 6.07) is 7.98. The van der Waals surface area contributed by atoms with Crippen LogP contribution in [-0.2, 0) is 0 Å². The number of nitrogens with one attached hydrogen (secondary N) is 1. The molecule has 2 rings (SSSR count). The van der Waals surface area contributed by atoms with Crippen molar-refractivity contribution in [2.75, 3.05) is 20.2 Å². The van der Waals surface area contributed by atoms with Gasteiger partial charge in [0, 0.05) is 4.47 Å². The maximum Gasteiger partial charge on any atom is 0.157 e. The molecule has 0 bridgehead atoms. The van der Waals surface area contributed by atoms with E-state index in [0.717, 1.165) is 28.9 Å². The van der Waals surface area contributed by atoms with Crippen LogP contribution in [0.15, 0.2) is 41.1 Å². The summed E-state index contributed by atoms with van der Waals surface area (Å²) in [4.78, 5) is 0. The van der Waals surface area contributed by atoms with Gasteiger partial charge in [0.15, 0.2) is 5.75 Å². The summed E-state index contributed by atoms with van der Waals surface area (Å²) in [6.45, 7) is 1.66. The van der Waals surface area contributed by atoms with E-state index in [-0.39, 0.29) is 0 Å². The van der Waals surface area contributed by atoms with Crippen LogP contribution in [0, 0.1) is 0 Å². The van der Waals surface area contributed by atoms with Gasteiger partial charge in [0.1, 0.15) is 0 Å². The summed E-state index contributed by atoms with van der Waals surface area (Å²) in [5.74, 6) is 0.800. The number of aromatic nitrogens is 2. The Labute approximate surface area is 115 Å². The van der Waals surface area contributed by atoms with Crippen LogP contribution in [0.2, 0.25) is 0 Å². The van der Waals surface area contributed by atoms with Gasteiger partial charge in [-0.3, -0.25) is 0 Å². The zero-order valence-electron chi connectivity index (χ0n) is 10.3. The first-order valence-electron chi connectivity index (χ1n) is 5.87. The Bertz CT molecular complexity index is 481. The quantitative estimate of drug-likeness (QED) is 0.834. The molecule has 0 aliphatic rings. The molecule has 1 heterocycles. The molecule has 0 unspecified atom stereocenters. The van der Waals surface area contributed by atoms with E-state index in [9.17, 15) is 0 Å². The van der Waals surface area contributed by atoms with Gasteiger partial charge in [-0.05, 0) is 44.3 Å². The number of rotatable bonds is 6. The molecule has 0 amide bonds. The molecule has 96 valence electrons. The summed E-state index contributed by atoms with van der Waals surface area (Å²) in [5, 5.41) is 7.36. The molecule has 0 atom stereocenters. The van der Waals surface area contributed by atoms with Gasteiger partial charge in [0.2, 0.25) is 0 Å². The summed E-state index contributed by atoms with van der Waals surface area (Å²) in [5.41, 5.74) is 1.02. The monoisotopic (exact) mass is 309 g/mol. The molecule has 18 heavy (non-hydrogen) atoms. The van der Waals surface area contributed by atoms with Gasteiger partial charge in [0.05, 0.1) is 24.7 Å². The van der Waals surface area contributed by atoms with Crippen molar-refractivity contribution in [3.8, 4) is 11.4 Å². The lowest BCUT2D eigenvalue weighted by molar-refractivity contribution is 0.309. The Balaban J connectivity index is 1.95. The van der Waals surface area contributed by atoms with Crippen molar-refractivity contribution >= 4 is 15.9 Å². The molecule has 1 aromatic heterocycles. The number of hydrogen-bond donors (Lipinski definition) is 1. The highest BCUT2D eigenvalue weighted by atomic mass is 79.9. The van der Waals surface area contributed by atoms with Gasteiger partial charge >= 0.3 is 0 Å². The Kier molecular flexibility index (Phi) is 4.78. The fourth-order valence-electron chi connectivity index (χ4n) is 1.55. The van der Waals surface area contributed by atoms with Crippen molar-refractivity contribution in [3.05, 3.63) is 41.1 Å². The maximum absolute atomic E-state index is 5.60. The summed E-state index contributed by atoms with van der Waals surface area (Å²) in [7, 11) is 1.94. The summed E-state index contributed by atoms with van der Waals surface area (Å²) < 4.78 is 8.46. The van der Waals surface area contributed by atoms with E-state index in [0.29, 0.717) is 6.61 Å². The molecule has 0 radical (unpaired) electrons. The Morgan fingerprint density at radius 2 is 2.11 bits per heavy atom. The van der Waals surface area contributed by atoms with Gasteiger partial charge in [-0.1, -0.05) is 15.9 Å². The standard InChI is InChI=1S/C13H16BrN3O/c1-15-7-2-8-18-13-9-16-17(10-13)12-5-3-11(14)4-6-12/h3-6,9-10,15H,2,7-8H2,1H3. The Hall–Kier alpha value is -1.33. The number of nitrogens with zero attached hydrogens (tertiary/aromatic N) is 2. The zero-order valence-corrected chi connectivity index (χ0v) is 11.9. The molecule has 0 aliphatic heterocycles. The molecule has 0 spiro atoms. The third-order valence-electron chi connectivity index (χ3n) is 2.49. The average Bonchev–Trinajstić information content (AvgIpc) is 2.84. The highest BCUT2D eigenvalue weighted by molar-refractivity contribution is 9.10. The second-order valence-electron chi connectivity index (χ2n) is 3.90. The molecule has 0 aliphatic carbocycles. The van der Waals surface area contributed by atoms with Crippen molar-refractivity contribution < 1.29 is 4.74 Å². The molecule has 1 aromatic carbocycles. The van der Waals surface area contributed by atoms with Crippen molar-refractivity contribution in [3.63, 3.8) is 0 Å². The fraction of sp³-hybridized carbons (Fsp3) is 0.308. The van der Waals surface area contributed by atoms with Crippen LogP contribution in [0.4, 0.5) is 0 Å². The second kappa shape index (κ2) is 6.56. The van der Waals surface area contributed by atoms with Gasteiger partial charge in [-0.15, -0.1) is 0 Å². The fourth-order valence-corrected chi connectivity index (χ4v) is 1.82. The predicted octanol–water partition coefficient (Wildman–Crippen LogP) is 2.62. The predicted molar refractivity (Wildman–Crippen MR) is 75.3 cm³/mol. The van der Waals surface area contributed by atoms with Crippen molar-refractivity contribution in [1.82, 2.24) is 15.1 Å². The molecule has 1 N–H and O–H groups in total. The summed E-state index contributed by atoms with van der Waals surface area (Å²) in [6.07, 6.45) is 4.62. The highest BCUT2D eigenvalue weighted by Crippen LogP contribution is 2.16. The third-order valence-corrected chi connectivity index (χ3v) is 3.02. The molecular formula is C13H16BrN3O. The van der Waals surface area contributed by atoms with Gasteiger partial charge in [-0.25, -0.2) is 4.68 Å². The maximum atomic E-state index is 5.60. The van der Waals surface area contributed by atoms with Crippen molar-refractivity contribution in [2.45, 2.75) is 6.42 Å². The van der Waals surface area contributed by atoms with Crippen LogP contribution in [0.25, 0.3) is 5.69 Å². The van der Waals surface area contributed by atoms with E-state index in [1.807, 2.05) is 37.5 Å². The number of hydrogen-bond acceptors (Lipinski definition) is 3. The minimum absolute atomic E-state index is 0.701. The molecular weight excluding hydrogens is 294 g/mol. The largest absolute Gasteiger partial charge is 0.490 e. The molecule has 0 fully saturated rings. The minimum Gasteiger partial charge on any atom is -0.490 e. The molecule has 2 aromatic rings. The first-order chi connectivity index (χ1) is 8.79. The van der Waals surface area contributed by atoms with Gasteiger partial charge in [-0.2, -0.15) is 5.10 Å². The van der Waals surface area contributed by atoms with Crippen LogP contribution in [0.5, 0.6) is 5.75 Å². The van der Waals surface area contributed by atoms with Gasteiger partial charge in [0.25, 0.3) is 0 Å². The van der Waals surface area contributed by atoms with Crippen LogP contribution < -0.4 is 10.1 Å². The van der Waals surface area contributed by atoms with E-state index in [2.05, 4.69) is 26.3 Å². The Morgan fingerprint density at radius 3 is 2.83 bits per heavy atom. The number of benzene rings is 1. The molecule has 4 nitrogen and oxygen atoms in total. The average molecular weight is 310 g/mol. The molecule has 0 saturated carbocycles. The molecule has 5 heteroatoms. The lowest BCUT2D eigenvalue weighted by Crippen LogP contribution is -2.11. The lowest BCUT2D eigenvalue weighted by Gasteiger charge is -2.02. The van der Waals surface area contributed by atoms with E-state index >= 15 is 0 Å². The van der Waals surface area contributed by atoms with Crippen LogP contribution in [-0.4, -0.2) is 30.0 Å². The SMILES string of the molecule is CNCCCOc1cnn(-c2ccc(Br)cc2)c1.